The fourth-order valence-electron chi connectivity index (χ4n) is 3.86. The van der Waals surface area contributed by atoms with Gasteiger partial charge in [0, 0.05) is 18.5 Å². The Morgan fingerprint density at radius 2 is 2.03 bits per heavy atom. The number of β-amino-alcohol motifs (C(OH)–C–C–N with tert-alkyl or cyclic N) is 1. The summed E-state index contributed by atoms with van der Waals surface area (Å²) < 4.78 is 40.3. The molecule has 1 amide bonds. The topological polar surface area (TPSA) is 87.5 Å². The molecule has 0 bridgehead atoms. The molecule has 1 saturated heterocycles. The van der Waals surface area contributed by atoms with Crippen LogP contribution in [-0.4, -0.2) is 57.5 Å². The van der Waals surface area contributed by atoms with Crippen molar-refractivity contribution < 1.29 is 23.1 Å². The van der Waals surface area contributed by atoms with Crippen molar-refractivity contribution in [2.45, 2.75) is 58.0 Å². The van der Waals surface area contributed by atoms with Crippen molar-refractivity contribution in [2.75, 3.05) is 19.6 Å². The SMILES string of the molecule is CCN1CC[C@@H](NC(=O)Cn2nc(C(C)C)c3cc(C(F)(F)F)ccc3c2=O)[C@@H](O)C1. The molecule has 31 heavy (non-hydrogen) atoms. The zero-order chi connectivity index (χ0) is 22.9. The summed E-state index contributed by atoms with van der Waals surface area (Å²) in [6.45, 7) is 7.13. The second kappa shape index (κ2) is 8.96. The predicted molar refractivity (Wildman–Crippen MR) is 110 cm³/mol. The van der Waals surface area contributed by atoms with Crippen LogP contribution in [0.15, 0.2) is 23.0 Å². The van der Waals surface area contributed by atoms with Crippen LogP contribution in [0.4, 0.5) is 13.2 Å². The van der Waals surface area contributed by atoms with E-state index in [1.807, 2.05) is 6.92 Å². The summed E-state index contributed by atoms with van der Waals surface area (Å²) in [7, 11) is 0. The van der Waals surface area contributed by atoms with E-state index in [-0.39, 0.29) is 23.2 Å². The van der Waals surface area contributed by atoms with Gasteiger partial charge in [0.1, 0.15) is 6.54 Å². The van der Waals surface area contributed by atoms with E-state index in [9.17, 15) is 27.9 Å². The molecule has 0 radical (unpaired) electrons. The normalized spacial score (nSPS) is 20.4. The number of alkyl halides is 3. The molecule has 2 heterocycles. The van der Waals surface area contributed by atoms with Crippen molar-refractivity contribution in [1.82, 2.24) is 20.0 Å². The van der Waals surface area contributed by atoms with Gasteiger partial charge >= 0.3 is 6.18 Å². The number of amides is 1. The van der Waals surface area contributed by atoms with Gasteiger partial charge in [-0.05, 0) is 37.1 Å². The number of aliphatic hydroxyl groups excluding tert-OH is 1. The monoisotopic (exact) mass is 440 g/mol. The minimum Gasteiger partial charge on any atom is -0.390 e. The van der Waals surface area contributed by atoms with Gasteiger partial charge < -0.3 is 15.3 Å². The number of aliphatic hydroxyl groups is 1. The molecule has 1 aromatic heterocycles. The number of nitrogens with one attached hydrogen (secondary N) is 1. The van der Waals surface area contributed by atoms with Gasteiger partial charge in [-0.15, -0.1) is 0 Å². The van der Waals surface area contributed by atoms with E-state index < -0.39 is 35.4 Å². The Morgan fingerprint density at radius 3 is 2.61 bits per heavy atom. The Labute approximate surface area is 177 Å². The van der Waals surface area contributed by atoms with Crippen LogP contribution in [0.1, 0.15) is 44.4 Å². The molecule has 1 aliphatic heterocycles. The molecule has 0 unspecified atom stereocenters. The molecule has 2 N–H and O–H groups in total. The quantitative estimate of drug-likeness (QED) is 0.744. The summed E-state index contributed by atoms with van der Waals surface area (Å²) in [6, 6.07) is 2.50. The van der Waals surface area contributed by atoms with Crippen molar-refractivity contribution in [3.05, 3.63) is 39.8 Å². The molecule has 1 aromatic carbocycles. The molecule has 2 atom stereocenters. The van der Waals surface area contributed by atoms with Crippen molar-refractivity contribution >= 4 is 16.7 Å². The summed E-state index contributed by atoms with van der Waals surface area (Å²) in [5.41, 5.74) is -1.18. The van der Waals surface area contributed by atoms with Gasteiger partial charge in [0.05, 0.1) is 28.8 Å². The first-order valence-corrected chi connectivity index (χ1v) is 10.3. The van der Waals surface area contributed by atoms with Gasteiger partial charge in [-0.2, -0.15) is 18.3 Å². The molecule has 0 spiro atoms. The Morgan fingerprint density at radius 1 is 1.32 bits per heavy atom. The van der Waals surface area contributed by atoms with Crippen LogP contribution >= 0.6 is 0 Å². The van der Waals surface area contributed by atoms with Gasteiger partial charge in [0.25, 0.3) is 5.56 Å². The van der Waals surface area contributed by atoms with Crippen molar-refractivity contribution in [1.29, 1.82) is 0 Å². The lowest BCUT2D eigenvalue weighted by Gasteiger charge is -2.35. The summed E-state index contributed by atoms with van der Waals surface area (Å²) in [5.74, 6) is -0.745. The van der Waals surface area contributed by atoms with E-state index in [0.717, 1.165) is 36.0 Å². The standard InChI is InChI=1S/C21H27F3N4O3/c1-4-27-8-7-16(17(29)10-27)25-18(30)11-28-20(31)14-6-5-13(21(22,23)24)9-15(14)19(26-28)12(2)3/h5-6,9,12,16-17,29H,4,7-8,10-11H2,1-3H3,(H,25,30)/t16-,17+/m1/s1. The highest BCUT2D eigenvalue weighted by Gasteiger charge is 2.32. The summed E-state index contributed by atoms with van der Waals surface area (Å²) in [4.78, 5) is 27.4. The Kier molecular flexibility index (Phi) is 6.70. The van der Waals surface area contributed by atoms with Gasteiger partial charge in [-0.25, -0.2) is 4.68 Å². The molecule has 1 fully saturated rings. The largest absolute Gasteiger partial charge is 0.416 e. The van der Waals surface area contributed by atoms with Crippen molar-refractivity contribution in [2.24, 2.45) is 0 Å². The molecule has 7 nitrogen and oxygen atoms in total. The third-order valence-electron chi connectivity index (χ3n) is 5.62. The highest BCUT2D eigenvalue weighted by Crippen LogP contribution is 2.32. The van der Waals surface area contributed by atoms with Gasteiger partial charge in [0.15, 0.2) is 0 Å². The molecule has 1 aliphatic rings. The molecule has 2 aromatic rings. The van der Waals surface area contributed by atoms with Crippen LogP contribution in [0, 0.1) is 0 Å². The van der Waals surface area contributed by atoms with E-state index in [0.29, 0.717) is 18.7 Å². The predicted octanol–water partition coefficient (Wildman–Crippen LogP) is 2.11. The van der Waals surface area contributed by atoms with E-state index in [1.165, 1.54) is 0 Å². The maximum Gasteiger partial charge on any atom is 0.416 e. The molecule has 170 valence electrons. The van der Waals surface area contributed by atoms with Crippen molar-refractivity contribution in [3.8, 4) is 0 Å². The van der Waals surface area contributed by atoms with Crippen LogP contribution in [0.5, 0.6) is 0 Å². The number of likely N-dealkylation sites (N-methyl/N-ethyl adjacent to an activating group) is 1. The highest BCUT2D eigenvalue weighted by molar-refractivity contribution is 5.85. The molecule has 0 saturated carbocycles. The minimum atomic E-state index is -4.54. The van der Waals surface area contributed by atoms with Crippen LogP contribution in [0.2, 0.25) is 0 Å². The fourth-order valence-corrected chi connectivity index (χ4v) is 3.86. The van der Waals surface area contributed by atoms with E-state index in [4.69, 9.17) is 0 Å². The van der Waals surface area contributed by atoms with Crippen LogP contribution < -0.4 is 10.9 Å². The molecule has 0 aliphatic carbocycles. The number of carbonyl (C=O) groups is 1. The first kappa shape index (κ1) is 23.2. The smallest absolute Gasteiger partial charge is 0.390 e. The van der Waals surface area contributed by atoms with E-state index >= 15 is 0 Å². The number of carbonyl (C=O) groups excluding carboxylic acids is 1. The number of fused-ring (bicyclic) bond motifs is 1. The molecular formula is C21H27F3N4O3. The summed E-state index contributed by atoms with van der Waals surface area (Å²) in [5, 5.41) is 17.4. The second-order valence-corrected chi connectivity index (χ2v) is 8.18. The highest BCUT2D eigenvalue weighted by atomic mass is 19.4. The van der Waals surface area contributed by atoms with E-state index in [1.54, 1.807) is 13.8 Å². The van der Waals surface area contributed by atoms with Crippen molar-refractivity contribution in [3.63, 3.8) is 0 Å². The minimum absolute atomic E-state index is 0.0794. The zero-order valence-corrected chi connectivity index (χ0v) is 17.7. The lowest BCUT2D eigenvalue weighted by atomic mass is 10.0. The maximum atomic E-state index is 13.1. The lowest BCUT2D eigenvalue weighted by molar-refractivity contribution is -0.137. The number of likely N-dealkylation sites (tertiary alicyclic amines) is 1. The van der Waals surface area contributed by atoms with Gasteiger partial charge in [-0.3, -0.25) is 9.59 Å². The number of hydrogen-bond acceptors (Lipinski definition) is 5. The average molecular weight is 440 g/mol. The number of nitrogens with zero attached hydrogens (tertiary/aromatic N) is 3. The first-order chi connectivity index (χ1) is 14.5. The number of piperidine rings is 1. The number of benzene rings is 1. The van der Waals surface area contributed by atoms with Gasteiger partial charge in [0.2, 0.25) is 5.91 Å². The van der Waals surface area contributed by atoms with Gasteiger partial charge in [-0.1, -0.05) is 20.8 Å². The van der Waals surface area contributed by atoms with E-state index in [2.05, 4.69) is 15.3 Å². The number of aromatic nitrogens is 2. The number of hydrogen-bond donors (Lipinski definition) is 2. The summed E-state index contributed by atoms with van der Waals surface area (Å²) >= 11 is 0. The maximum absolute atomic E-state index is 13.1. The molecule has 10 heteroatoms. The zero-order valence-electron chi connectivity index (χ0n) is 17.7. The Balaban J connectivity index is 1.88. The van der Waals surface area contributed by atoms with Crippen LogP contribution in [0.25, 0.3) is 10.8 Å². The lowest BCUT2D eigenvalue weighted by Crippen LogP contribution is -2.54. The number of rotatable bonds is 5. The average Bonchev–Trinajstić information content (AvgIpc) is 2.70. The van der Waals surface area contributed by atoms with Crippen LogP contribution in [0.3, 0.4) is 0 Å². The molecular weight excluding hydrogens is 413 g/mol. The summed E-state index contributed by atoms with van der Waals surface area (Å²) in [6.07, 6.45) is -4.67. The Bertz CT molecular complexity index is 1020. The second-order valence-electron chi connectivity index (χ2n) is 8.18. The number of halogens is 3. The van der Waals surface area contributed by atoms with Crippen LogP contribution in [-0.2, 0) is 17.5 Å². The fraction of sp³-hybridized carbons (Fsp3) is 0.571. The third kappa shape index (κ3) is 5.07. The first-order valence-electron chi connectivity index (χ1n) is 10.3. The molecule has 3 rings (SSSR count). The third-order valence-corrected chi connectivity index (χ3v) is 5.62. The Hall–Kier alpha value is -2.46.